The number of aromatic nitrogens is 1. The van der Waals surface area contributed by atoms with Gasteiger partial charge >= 0.3 is 6.03 Å². The minimum Gasteiger partial charge on any atom is -0.444 e. The number of nitrogens with zero attached hydrogens (tertiary/aromatic N) is 3. The Morgan fingerprint density at radius 2 is 2.26 bits per heavy atom. The van der Waals surface area contributed by atoms with E-state index >= 15 is 0 Å². The van der Waals surface area contributed by atoms with E-state index in [0.29, 0.717) is 12.4 Å². The summed E-state index contributed by atoms with van der Waals surface area (Å²) < 4.78 is 5.68. The van der Waals surface area contributed by atoms with Crippen LogP contribution >= 0.6 is 0 Å². The lowest BCUT2D eigenvalue weighted by molar-refractivity contribution is -0.132. The van der Waals surface area contributed by atoms with Crippen LogP contribution in [0.15, 0.2) is 10.6 Å². The molecule has 7 nitrogen and oxygen atoms in total. The number of urea groups is 1. The number of imide groups is 1. The van der Waals surface area contributed by atoms with Gasteiger partial charge in [0.25, 0.3) is 5.91 Å². The number of oxazole rings is 1. The van der Waals surface area contributed by atoms with Crippen LogP contribution in [0.4, 0.5) is 4.79 Å². The Hall–Kier alpha value is -1.89. The summed E-state index contributed by atoms with van der Waals surface area (Å²) in [6, 6.07) is -0.310. The third-order valence-corrected chi connectivity index (χ3v) is 5.05. The fourth-order valence-corrected chi connectivity index (χ4v) is 3.52. The second kappa shape index (κ2) is 5.96. The molecular formula is C16H24N4O3. The molecule has 126 valence electrons. The second-order valence-electron chi connectivity index (χ2n) is 6.64. The van der Waals surface area contributed by atoms with Gasteiger partial charge in [0.2, 0.25) is 5.89 Å². The lowest BCUT2D eigenvalue weighted by atomic mass is 9.80. The molecule has 3 rings (SSSR count). The summed E-state index contributed by atoms with van der Waals surface area (Å²) in [5.41, 5.74) is -0.810. The van der Waals surface area contributed by atoms with Crippen molar-refractivity contribution in [3.8, 4) is 0 Å². The molecule has 1 N–H and O–H groups in total. The van der Waals surface area contributed by atoms with Crippen LogP contribution in [-0.2, 0) is 17.8 Å². The standard InChI is InChI=1S/C16H24N4O3/c1-4-12-8-17-13(23-12)10-20-7-5-6-11(9-20)16(2)14(21)19(3)15(22)18-16/h8,11H,4-7,9-10H2,1-3H3,(H,18,22)/t11-,16-/m0/s1. The monoisotopic (exact) mass is 320 g/mol. The van der Waals surface area contributed by atoms with Crippen molar-refractivity contribution in [3.63, 3.8) is 0 Å². The molecule has 0 saturated carbocycles. The molecule has 2 saturated heterocycles. The van der Waals surface area contributed by atoms with Gasteiger partial charge < -0.3 is 9.73 Å². The second-order valence-corrected chi connectivity index (χ2v) is 6.64. The van der Waals surface area contributed by atoms with E-state index in [1.54, 1.807) is 6.20 Å². The van der Waals surface area contributed by atoms with Gasteiger partial charge in [0.05, 0.1) is 12.7 Å². The van der Waals surface area contributed by atoms with E-state index in [0.717, 1.165) is 38.1 Å². The number of likely N-dealkylation sites (N-methyl/N-ethyl adjacent to an activating group) is 1. The average molecular weight is 320 g/mol. The van der Waals surface area contributed by atoms with Crippen molar-refractivity contribution in [1.29, 1.82) is 0 Å². The maximum absolute atomic E-state index is 12.4. The summed E-state index contributed by atoms with van der Waals surface area (Å²) in [6.07, 6.45) is 4.53. The van der Waals surface area contributed by atoms with E-state index in [1.165, 1.54) is 11.9 Å². The van der Waals surface area contributed by atoms with E-state index in [-0.39, 0.29) is 17.9 Å². The molecule has 0 radical (unpaired) electrons. The van der Waals surface area contributed by atoms with Crippen LogP contribution in [0.5, 0.6) is 0 Å². The van der Waals surface area contributed by atoms with Crippen molar-refractivity contribution in [3.05, 3.63) is 17.8 Å². The van der Waals surface area contributed by atoms with Crippen LogP contribution < -0.4 is 5.32 Å². The van der Waals surface area contributed by atoms with Gasteiger partial charge in [-0.2, -0.15) is 0 Å². The Balaban J connectivity index is 1.68. The predicted octanol–water partition coefficient (Wildman–Crippen LogP) is 1.39. The number of piperidine rings is 1. The zero-order chi connectivity index (χ0) is 16.6. The number of nitrogens with one attached hydrogen (secondary N) is 1. The molecule has 2 aliphatic heterocycles. The molecule has 0 aromatic carbocycles. The summed E-state index contributed by atoms with van der Waals surface area (Å²) in [6.45, 7) is 6.22. The summed E-state index contributed by atoms with van der Waals surface area (Å²) >= 11 is 0. The smallest absolute Gasteiger partial charge is 0.324 e. The first kappa shape index (κ1) is 16.0. The first-order valence-electron chi connectivity index (χ1n) is 8.20. The topological polar surface area (TPSA) is 78.7 Å². The van der Waals surface area contributed by atoms with E-state index < -0.39 is 5.54 Å². The van der Waals surface area contributed by atoms with Gasteiger partial charge in [-0.1, -0.05) is 6.92 Å². The van der Waals surface area contributed by atoms with Crippen LogP contribution in [0, 0.1) is 5.92 Å². The van der Waals surface area contributed by atoms with Gasteiger partial charge in [0.15, 0.2) is 0 Å². The lowest BCUT2D eigenvalue weighted by Gasteiger charge is -2.39. The fraction of sp³-hybridized carbons (Fsp3) is 0.688. The van der Waals surface area contributed by atoms with Crippen molar-refractivity contribution in [1.82, 2.24) is 20.1 Å². The van der Waals surface area contributed by atoms with Gasteiger partial charge in [0.1, 0.15) is 11.3 Å². The van der Waals surface area contributed by atoms with E-state index in [9.17, 15) is 9.59 Å². The molecule has 0 spiro atoms. The van der Waals surface area contributed by atoms with E-state index in [1.807, 2.05) is 13.8 Å². The van der Waals surface area contributed by atoms with Crippen LogP contribution in [0.2, 0.25) is 0 Å². The number of amides is 3. The first-order chi connectivity index (χ1) is 10.9. The molecule has 23 heavy (non-hydrogen) atoms. The molecule has 0 aliphatic carbocycles. The third kappa shape index (κ3) is 2.85. The molecule has 2 fully saturated rings. The quantitative estimate of drug-likeness (QED) is 0.848. The molecule has 0 bridgehead atoms. The molecule has 1 aromatic rings. The highest BCUT2D eigenvalue weighted by atomic mass is 16.4. The Bertz CT molecular complexity index is 614. The number of rotatable bonds is 4. The number of hydrogen-bond donors (Lipinski definition) is 1. The van der Waals surface area contributed by atoms with Crippen LogP contribution in [0.3, 0.4) is 0 Å². The van der Waals surface area contributed by atoms with Crippen LogP contribution in [0.1, 0.15) is 38.3 Å². The van der Waals surface area contributed by atoms with E-state index in [2.05, 4.69) is 15.2 Å². The Morgan fingerprint density at radius 1 is 1.48 bits per heavy atom. The maximum atomic E-state index is 12.4. The average Bonchev–Trinajstić information content (AvgIpc) is 3.07. The molecule has 0 unspecified atom stereocenters. The Labute approximate surface area is 136 Å². The predicted molar refractivity (Wildman–Crippen MR) is 83.6 cm³/mol. The number of likely N-dealkylation sites (tertiary alicyclic amines) is 1. The maximum Gasteiger partial charge on any atom is 0.324 e. The minimum absolute atomic E-state index is 0.0956. The lowest BCUT2D eigenvalue weighted by Crippen LogP contribution is -2.55. The van der Waals surface area contributed by atoms with Crippen molar-refractivity contribution in [2.75, 3.05) is 20.1 Å². The SMILES string of the molecule is CCc1cnc(CN2CCC[C@H]([C@]3(C)NC(=O)N(C)C3=O)C2)o1. The largest absolute Gasteiger partial charge is 0.444 e. The fourth-order valence-electron chi connectivity index (χ4n) is 3.52. The third-order valence-electron chi connectivity index (χ3n) is 5.05. The minimum atomic E-state index is -0.810. The van der Waals surface area contributed by atoms with Gasteiger partial charge in [-0.15, -0.1) is 0 Å². The molecule has 2 atom stereocenters. The van der Waals surface area contributed by atoms with Crippen molar-refractivity contribution in [2.24, 2.45) is 5.92 Å². The molecule has 3 heterocycles. The van der Waals surface area contributed by atoms with Crippen molar-refractivity contribution < 1.29 is 14.0 Å². The molecule has 1 aromatic heterocycles. The van der Waals surface area contributed by atoms with Crippen LogP contribution in [-0.4, -0.2) is 52.4 Å². The van der Waals surface area contributed by atoms with Crippen molar-refractivity contribution in [2.45, 2.75) is 45.2 Å². The molecular weight excluding hydrogens is 296 g/mol. The highest BCUT2D eigenvalue weighted by Crippen LogP contribution is 2.32. The highest BCUT2D eigenvalue weighted by molar-refractivity contribution is 6.06. The number of carbonyl (C=O) groups excluding carboxylic acids is 2. The Morgan fingerprint density at radius 3 is 2.87 bits per heavy atom. The van der Waals surface area contributed by atoms with E-state index in [4.69, 9.17) is 4.42 Å². The van der Waals surface area contributed by atoms with Gasteiger partial charge in [0, 0.05) is 25.9 Å². The zero-order valence-electron chi connectivity index (χ0n) is 14.0. The van der Waals surface area contributed by atoms with Crippen LogP contribution in [0.25, 0.3) is 0 Å². The summed E-state index contributed by atoms with van der Waals surface area (Å²) in [7, 11) is 1.53. The summed E-state index contributed by atoms with van der Waals surface area (Å²) in [5.74, 6) is 1.56. The number of hydrogen-bond acceptors (Lipinski definition) is 5. The first-order valence-corrected chi connectivity index (χ1v) is 8.20. The highest BCUT2D eigenvalue weighted by Gasteiger charge is 2.51. The summed E-state index contributed by atoms with van der Waals surface area (Å²) in [5, 5.41) is 2.87. The molecule has 2 aliphatic rings. The molecule has 3 amide bonds. The van der Waals surface area contributed by atoms with Gasteiger partial charge in [-0.25, -0.2) is 9.78 Å². The number of carbonyl (C=O) groups is 2. The summed E-state index contributed by atoms with van der Waals surface area (Å²) in [4.78, 5) is 32.0. The number of aryl methyl sites for hydroxylation is 1. The van der Waals surface area contributed by atoms with Gasteiger partial charge in [-0.05, 0) is 26.3 Å². The van der Waals surface area contributed by atoms with Crippen molar-refractivity contribution >= 4 is 11.9 Å². The Kier molecular flexibility index (Phi) is 4.14. The molecule has 7 heteroatoms. The van der Waals surface area contributed by atoms with Gasteiger partial charge in [-0.3, -0.25) is 14.6 Å². The normalized spacial score (nSPS) is 29.2. The zero-order valence-corrected chi connectivity index (χ0v) is 14.0.